The molecule has 6 heteroatoms. The van der Waals surface area contributed by atoms with Gasteiger partial charge >= 0.3 is 0 Å². The molecule has 17 heavy (non-hydrogen) atoms. The molecule has 2 N–H and O–H groups in total. The van der Waals surface area contributed by atoms with E-state index in [1.165, 1.54) is 10.4 Å². The van der Waals surface area contributed by atoms with Gasteiger partial charge in [0, 0.05) is 6.54 Å². The maximum absolute atomic E-state index is 6.02. The molecule has 88 valence electrons. The van der Waals surface area contributed by atoms with Crippen LogP contribution in [0.2, 0.25) is 0 Å². The number of nitrogens with two attached hydrogens (primary N) is 1. The van der Waals surface area contributed by atoms with Crippen molar-refractivity contribution in [2.75, 3.05) is 17.2 Å². The zero-order valence-electron chi connectivity index (χ0n) is 9.67. The van der Waals surface area contributed by atoms with Gasteiger partial charge in [0.05, 0.1) is 25.0 Å². The van der Waals surface area contributed by atoms with E-state index in [-0.39, 0.29) is 0 Å². The van der Waals surface area contributed by atoms with Crippen molar-refractivity contribution in [1.29, 1.82) is 0 Å². The highest BCUT2D eigenvalue weighted by Crippen LogP contribution is 2.34. The number of nitrogen functional groups attached to an aromatic ring is 1. The van der Waals surface area contributed by atoms with Crippen molar-refractivity contribution in [1.82, 2.24) is 20.2 Å². The Labute approximate surface area is 99.0 Å². The van der Waals surface area contributed by atoms with E-state index in [4.69, 9.17) is 5.73 Å². The van der Waals surface area contributed by atoms with Crippen molar-refractivity contribution in [3.63, 3.8) is 0 Å². The Kier molecular flexibility index (Phi) is 2.21. The second-order valence-corrected chi connectivity index (χ2v) is 4.22. The van der Waals surface area contributed by atoms with Gasteiger partial charge in [-0.25, -0.2) is 0 Å². The molecule has 0 atom stereocenters. The Morgan fingerprint density at radius 2 is 2.29 bits per heavy atom. The van der Waals surface area contributed by atoms with E-state index in [2.05, 4.69) is 26.4 Å². The molecule has 0 radical (unpaired) electrons. The summed E-state index contributed by atoms with van der Waals surface area (Å²) in [5.74, 6) is 0.726. The number of nitrogens with zero attached hydrogens (tertiary/aromatic N) is 5. The molecule has 0 fully saturated rings. The summed E-state index contributed by atoms with van der Waals surface area (Å²) in [6.07, 6.45) is 1.03. The van der Waals surface area contributed by atoms with E-state index in [0.717, 1.165) is 30.2 Å². The molecule has 1 aromatic carbocycles. The number of para-hydroxylation sites is 1. The van der Waals surface area contributed by atoms with Gasteiger partial charge in [-0.2, -0.15) is 4.80 Å². The molecule has 1 aliphatic rings. The minimum atomic E-state index is 0.662. The summed E-state index contributed by atoms with van der Waals surface area (Å²) in [7, 11) is 1.77. The van der Waals surface area contributed by atoms with E-state index >= 15 is 0 Å². The molecular weight excluding hydrogens is 216 g/mol. The van der Waals surface area contributed by atoms with Crippen molar-refractivity contribution in [3.8, 4) is 0 Å². The van der Waals surface area contributed by atoms with Crippen LogP contribution in [0.3, 0.4) is 0 Å². The summed E-state index contributed by atoms with van der Waals surface area (Å²) in [6, 6.07) is 6.05. The first kappa shape index (κ1) is 10.1. The quantitative estimate of drug-likeness (QED) is 0.754. The fraction of sp³-hybridized carbons (Fsp3) is 0.364. The van der Waals surface area contributed by atoms with Crippen LogP contribution in [0.1, 0.15) is 11.4 Å². The fourth-order valence-corrected chi connectivity index (χ4v) is 2.28. The van der Waals surface area contributed by atoms with Crippen LogP contribution in [0.5, 0.6) is 0 Å². The predicted molar refractivity (Wildman–Crippen MR) is 64.4 cm³/mol. The minimum Gasteiger partial charge on any atom is -0.397 e. The Morgan fingerprint density at radius 1 is 1.41 bits per heavy atom. The van der Waals surface area contributed by atoms with Crippen LogP contribution in [0, 0.1) is 0 Å². The first-order valence-corrected chi connectivity index (χ1v) is 5.59. The van der Waals surface area contributed by atoms with Gasteiger partial charge in [0.2, 0.25) is 0 Å². The van der Waals surface area contributed by atoms with Crippen molar-refractivity contribution in [3.05, 3.63) is 29.6 Å². The predicted octanol–water partition coefficient (Wildman–Crippen LogP) is 0.355. The molecule has 0 unspecified atom stereocenters. The van der Waals surface area contributed by atoms with Crippen LogP contribution >= 0.6 is 0 Å². The number of rotatable bonds is 2. The molecule has 1 aromatic heterocycles. The fourth-order valence-electron chi connectivity index (χ4n) is 2.28. The Morgan fingerprint density at radius 3 is 3.06 bits per heavy atom. The van der Waals surface area contributed by atoms with Crippen molar-refractivity contribution in [2.24, 2.45) is 7.05 Å². The van der Waals surface area contributed by atoms with Crippen molar-refractivity contribution in [2.45, 2.75) is 13.0 Å². The second kappa shape index (κ2) is 3.73. The first-order valence-electron chi connectivity index (χ1n) is 5.59. The highest BCUT2D eigenvalue weighted by atomic mass is 15.6. The summed E-state index contributed by atoms with van der Waals surface area (Å²) in [5.41, 5.74) is 9.27. The summed E-state index contributed by atoms with van der Waals surface area (Å²) < 4.78 is 0. The average molecular weight is 230 g/mol. The Hall–Kier alpha value is -2.11. The van der Waals surface area contributed by atoms with Crippen LogP contribution in [0.15, 0.2) is 18.2 Å². The molecule has 0 aliphatic carbocycles. The topological polar surface area (TPSA) is 72.9 Å². The third kappa shape index (κ3) is 1.71. The summed E-state index contributed by atoms with van der Waals surface area (Å²) in [6.45, 7) is 1.62. The van der Waals surface area contributed by atoms with Crippen molar-refractivity contribution < 1.29 is 0 Å². The Balaban J connectivity index is 1.89. The standard InChI is InChI=1S/C11H14N6/c1-16-14-10(13-15-16)7-17-6-5-8-3-2-4-9(12)11(8)17/h2-4H,5-7,12H2,1H3. The third-order valence-electron chi connectivity index (χ3n) is 3.00. The van der Waals surface area contributed by atoms with E-state index in [1.807, 2.05) is 12.1 Å². The van der Waals surface area contributed by atoms with Gasteiger partial charge in [0.25, 0.3) is 0 Å². The lowest BCUT2D eigenvalue weighted by Crippen LogP contribution is -2.21. The number of hydrogen-bond donors (Lipinski definition) is 1. The van der Waals surface area contributed by atoms with Crippen LogP contribution in [0.25, 0.3) is 0 Å². The summed E-state index contributed by atoms with van der Waals surface area (Å²) in [4.78, 5) is 3.68. The van der Waals surface area contributed by atoms with Gasteiger partial charge in [-0.15, -0.1) is 10.2 Å². The minimum absolute atomic E-state index is 0.662. The molecule has 0 amide bonds. The highest BCUT2D eigenvalue weighted by molar-refractivity contribution is 5.74. The molecule has 0 bridgehead atoms. The molecule has 3 rings (SSSR count). The number of anilines is 2. The van der Waals surface area contributed by atoms with E-state index in [1.54, 1.807) is 7.05 Å². The lowest BCUT2D eigenvalue weighted by Gasteiger charge is -2.18. The van der Waals surface area contributed by atoms with E-state index in [0.29, 0.717) is 6.54 Å². The lowest BCUT2D eigenvalue weighted by atomic mass is 10.1. The SMILES string of the molecule is Cn1nnc(CN2CCc3cccc(N)c32)n1. The molecule has 0 saturated heterocycles. The van der Waals surface area contributed by atoms with Crippen LogP contribution in [0.4, 0.5) is 11.4 Å². The first-order chi connectivity index (χ1) is 8.24. The number of aryl methyl sites for hydroxylation is 1. The van der Waals surface area contributed by atoms with Crippen LogP contribution < -0.4 is 10.6 Å². The van der Waals surface area contributed by atoms with Gasteiger partial charge < -0.3 is 10.6 Å². The smallest absolute Gasteiger partial charge is 0.193 e. The molecule has 6 nitrogen and oxygen atoms in total. The number of hydrogen-bond acceptors (Lipinski definition) is 5. The molecule has 0 saturated carbocycles. The molecule has 2 aromatic rings. The lowest BCUT2D eigenvalue weighted by molar-refractivity contribution is 0.626. The molecule has 1 aliphatic heterocycles. The number of benzene rings is 1. The Bertz CT molecular complexity index is 547. The normalized spacial score (nSPS) is 14.1. The van der Waals surface area contributed by atoms with Gasteiger partial charge in [-0.05, 0) is 23.3 Å². The zero-order chi connectivity index (χ0) is 11.8. The van der Waals surface area contributed by atoms with Gasteiger partial charge in [0.15, 0.2) is 5.82 Å². The van der Waals surface area contributed by atoms with E-state index in [9.17, 15) is 0 Å². The molecule has 0 spiro atoms. The van der Waals surface area contributed by atoms with Crippen molar-refractivity contribution >= 4 is 11.4 Å². The molecular formula is C11H14N6. The maximum Gasteiger partial charge on any atom is 0.193 e. The van der Waals surface area contributed by atoms with Crippen LogP contribution in [-0.2, 0) is 20.0 Å². The van der Waals surface area contributed by atoms with Gasteiger partial charge in [-0.3, -0.25) is 0 Å². The van der Waals surface area contributed by atoms with Crippen LogP contribution in [-0.4, -0.2) is 26.8 Å². The largest absolute Gasteiger partial charge is 0.397 e. The second-order valence-electron chi connectivity index (χ2n) is 4.22. The van der Waals surface area contributed by atoms with Gasteiger partial charge in [-0.1, -0.05) is 12.1 Å². The maximum atomic E-state index is 6.02. The zero-order valence-corrected chi connectivity index (χ0v) is 9.67. The highest BCUT2D eigenvalue weighted by Gasteiger charge is 2.22. The number of aromatic nitrogens is 4. The third-order valence-corrected chi connectivity index (χ3v) is 3.00. The summed E-state index contributed by atoms with van der Waals surface area (Å²) in [5, 5.41) is 12.0. The van der Waals surface area contributed by atoms with E-state index < -0.39 is 0 Å². The summed E-state index contributed by atoms with van der Waals surface area (Å²) >= 11 is 0. The average Bonchev–Trinajstić information content (AvgIpc) is 2.88. The van der Waals surface area contributed by atoms with Gasteiger partial charge in [0.1, 0.15) is 0 Å². The number of fused-ring (bicyclic) bond motifs is 1. The monoisotopic (exact) mass is 230 g/mol. The molecule has 2 heterocycles. The number of tetrazole rings is 1.